The summed E-state index contributed by atoms with van der Waals surface area (Å²) in [6.45, 7) is 17.2. The normalized spacial score (nSPS) is 10.1. The number of ether oxygens (including phenoxy) is 4. The molecule has 55 heteroatoms. The Labute approximate surface area is 860 Å². The molecule has 6 aromatic carbocycles. The summed E-state index contributed by atoms with van der Waals surface area (Å²) in [6, 6.07) is 41.9. The van der Waals surface area contributed by atoms with E-state index in [2.05, 4.69) is 56.9 Å². The molecule has 772 valence electrons. The largest absolute Gasteiger partial charge is 0.505 e. The molecular formula is C90H95Cl4N17O29S5. The van der Waals surface area contributed by atoms with E-state index in [1.165, 1.54) is 76.1 Å². The van der Waals surface area contributed by atoms with Crippen LogP contribution in [0.2, 0.25) is 15.1 Å². The highest BCUT2D eigenvalue weighted by Gasteiger charge is 2.29. The maximum atomic E-state index is 12.6. The van der Waals surface area contributed by atoms with Crippen molar-refractivity contribution < 1.29 is 111 Å². The number of carboxylic acid groups (broad SMARTS) is 1. The van der Waals surface area contributed by atoms with Crippen LogP contribution < -0.4 is 38.5 Å². The molecule has 0 aliphatic carbocycles. The van der Waals surface area contributed by atoms with Gasteiger partial charge in [-0.2, -0.15) is 65.4 Å². The van der Waals surface area contributed by atoms with E-state index < -0.39 is 108 Å². The van der Waals surface area contributed by atoms with Gasteiger partial charge in [0.15, 0.2) is 38.4 Å². The summed E-state index contributed by atoms with van der Waals surface area (Å²) < 4.78 is 98.6. The average molecular weight is 2180 g/mol. The van der Waals surface area contributed by atoms with Gasteiger partial charge in [-0.3, -0.25) is 38.9 Å². The lowest BCUT2D eigenvalue weighted by Gasteiger charge is -2.11. The number of hydrogen-bond acceptors (Lipinski definition) is 39. The third-order valence-electron chi connectivity index (χ3n) is 18.2. The summed E-state index contributed by atoms with van der Waals surface area (Å²) in [7, 11) is 6.85. The minimum absolute atomic E-state index is 0.0143. The number of sulfone groups is 1. The number of anilines is 1. The third-order valence-corrected chi connectivity index (χ3v) is 21.3. The van der Waals surface area contributed by atoms with E-state index in [0.29, 0.717) is 53.0 Å². The SMILES string of the molecule is CCOC(=O)/C(CC)=N/NC.CCOC(=O)c1nn(C)c(=O)c(-c2ccc(C)cc2)c1Cl.CCOC(=O)c1nn(C)c(=O)c(-c2ccc(C)cc2)c1O.CCOC(=O)c1nn(C)c(=O)c(-c2ccc(C)cc2)c1O.CSc1ccc(CC(=O)Cl)cc1.Cc1ccc(-c2c(Cl)c(C(=O)O)nn(C)c2=O)cc1.Cn1nnnc1NC(=O)c1nn(C)c(=O)c(-c2ccc(S(C)(=O)=O)cc2)c1Cl.O=C=O.O=S=O.O=S=O.O=S=O. The van der Waals surface area contributed by atoms with E-state index >= 15 is 0 Å². The zero-order chi connectivity index (χ0) is 110. The van der Waals surface area contributed by atoms with Crippen LogP contribution >= 0.6 is 58.2 Å². The highest BCUT2D eigenvalue weighted by Crippen LogP contribution is 2.34. The number of benzene rings is 6. The van der Waals surface area contributed by atoms with Gasteiger partial charge >= 0.3 is 70.7 Å². The molecule has 6 aromatic heterocycles. The van der Waals surface area contributed by atoms with E-state index in [-0.39, 0.29) is 125 Å². The van der Waals surface area contributed by atoms with Crippen molar-refractivity contribution in [2.45, 2.75) is 84.9 Å². The molecule has 0 aliphatic heterocycles. The van der Waals surface area contributed by atoms with E-state index in [1.807, 2.05) is 114 Å². The van der Waals surface area contributed by atoms with Crippen molar-refractivity contribution >= 4 is 162 Å². The number of aryl methyl sites for hydroxylation is 10. The first-order chi connectivity index (χ1) is 68.5. The highest BCUT2D eigenvalue weighted by molar-refractivity contribution is 7.98. The predicted octanol–water partition coefficient (Wildman–Crippen LogP) is 8.91. The lowest BCUT2D eigenvalue weighted by atomic mass is 10.0. The van der Waals surface area contributed by atoms with Gasteiger partial charge in [-0.15, -0.1) is 11.8 Å². The number of hydrogen-bond donors (Lipinski definition) is 5. The molecule has 0 aliphatic rings. The van der Waals surface area contributed by atoms with Gasteiger partial charge in [0, 0.05) is 66.9 Å². The topological polar surface area (TPSA) is 642 Å². The van der Waals surface area contributed by atoms with Crippen molar-refractivity contribution in [3.05, 3.63) is 269 Å². The number of carbonyl (C=O) groups excluding carboxylic acids is 8. The molecule has 0 spiro atoms. The maximum absolute atomic E-state index is 12.6. The summed E-state index contributed by atoms with van der Waals surface area (Å²) in [5.41, 5.74) is 7.70. The third kappa shape index (κ3) is 38.5. The first-order valence-corrected chi connectivity index (χ1v) is 47.9. The van der Waals surface area contributed by atoms with E-state index in [9.17, 15) is 76.2 Å². The molecule has 46 nitrogen and oxygen atoms in total. The van der Waals surface area contributed by atoms with Crippen LogP contribution in [0.4, 0.5) is 5.95 Å². The number of esters is 4. The van der Waals surface area contributed by atoms with Crippen LogP contribution in [0.25, 0.3) is 55.6 Å². The minimum atomic E-state index is -3.40. The van der Waals surface area contributed by atoms with Crippen molar-refractivity contribution in [3.8, 4) is 67.1 Å². The Hall–Kier alpha value is -15.4. The predicted molar refractivity (Wildman–Crippen MR) is 535 cm³/mol. The van der Waals surface area contributed by atoms with Gasteiger partial charge in [-0.1, -0.05) is 190 Å². The number of hydrazone groups is 1. The Kier molecular flexibility index (Phi) is 55.1. The second-order valence-corrected chi connectivity index (χ2v) is 33.1. The Balaban J connectivity index is 0.000000569. The van der Waals surface area contributed by atoms with E-state index in [1.54, 1.807) is 95.0 Å². The van der Waals surface area contributed by atoms with Gasteiger partial charge in [-0.25, -0.2) is 60.5 Å². The van der Waals surface area contributed by atoms with Crippen LogP contribution in [-0.4, -0.2) is 217 Å². The number of amides is 1. The first-order valence-electron chi connectivity index (χ1n) is 41.3. The van der Waals surface area contributed by atoms with Crippen molar-refractivity contribution in [2.24, 2.45) is 47.4 Å². The van der Waals surface area contributed by atoms with Gasteiger partial charge in [0.05, 0.1) is 74.2 Å². The summed E-state index contributed by atoms with van der Waals surface area (Å²) in [5.74, 6) is -5.35. The first kappa shape index (κ1) is 126. The number of aromatic hydroxyl groups is 2. The van der Waals surface area contributed by atoms with Crippen LogP contribution in [0.3, 0.4) is 0 Å². The van der Waals surface area contributed by atoms with Crippen LogP contribution in [0.15, 0.2) is 184 Å². The zero-order valence-corrected chi connectivity index (χ0v) is 87.4. The maximum Gasteiger partial charge on any atom is 0.373 e. The van der Waals surface area contributed by atoms with E-state index in [4.69, 9.17) is 105 Å². The van der Waals surface area contributed by atoms with Gasteiger partial charge in [-0.05, 0) is 148 Å². The van der Waals surface area contributed by atoms with Gasteiger partial charge in [0.2, 0.25) is 22.6 Å². The number of rotatable bonds is 22. The number of aromatic nitrogens is 14. The summed E-state index contributed by atoms with van der Waals surface area (Å²) in [4.78, 5) is 159. The van der Waals surface area contributed by atoms with Crippen LogP contribution in [0.1, 0.15) is 121 Å². The second kappa shape index (κ2) is 63.5. The standard InChI is InChI=1S/C15H14ClN7O4S.C15H15ClN2O3.2C15H16N2O4.C13H11ClN2O3.C9H9ClOS.C7H14N2O2.CO2.3O2S/c1-22-14(25)10(8-4-6-9(7-5-8)28(3,26)27)11(16)12(19-22)13(24)17-15-18-20-21-23(15)2;1-4-21-15(20)13-12(16)11(14(19)18(3)17-13)10-7-5-9(2)6-8-10;2*1-4-21-15(20)12-13(18)11(14(19)17(3)16-12)10-7-5-9(2)6-8-10;1-7-3-5-8(6-4-7)9-10(14)11(13(18)19)15-16(2)12(9)17;1-12-8-4-2-7(3-5-8)6-9(10)11;1-4-6(9-8-3)7(10)11-5-2;2-1-3;3*1-3-2/h4-7H,1-3H3,(H,17,18,21,24);5-8H,4H2,1-3H3;2*5-8,18H,4H2,1-3H3;3-6H,1-2H3,(H,18,19);2-5H,6H2,1H3;8H,4-5H2,1-3H3;;;;/b;;;;;;9-6+;;;;. The fraction of sp³-hybridized carbons (Fsp3) is 0.267. The number of carbonyl (C=O) groups is 7. The molecule has 6 heterocycles. The number of nitrogens with one attached hydrogen (secondary N) is 2. The summed E-state index contributed by atoms with van der Waals surface area (Å²) >= 11 is 23.2. The van der Waals surface area contributed by atoms with Crippen LogP contribution in [0.5, 0.6) is 11.5 Å². The molecule has 0 saturated carbocycles. The lowest BCUT2D eigenvalue weighted by Crippen LogP contribution is -2.27. The van der Waals surface area contributed by atoms with Crippen molar-refractivity contribution in [1.82, 2.24) is 74.5 Å². The number of nitrogens with zero attached hydrogens (tertiary/aromatic N) is 15. The average Bonchev–Trinajstić information content (AvgIpc) is 1.31. The lowest BCUT2D eigenvalue weighted by molar-refractivity contribution is -0.191. The molecule has 0 unspecified atom stereocenters. The Morgan fingerprint density at radius 1 is 0.448 bits per heavy atom. The zero-order valence-electron chi connectivity index (χ0n) is 80.3. The van der Waals surface area contributed by atoms with Crippen molar-refractivity contribution in [1.29, 1.82) is 0 Å². The van der Waals surface area contributed by atoms with Gasteiger partial charge in [0.25, 0.3) is 33.7 Å². The number of aromatic carboxylic acids is 1. The fourth-order valence-electron chi connectivity index (χ4n) is 11.4. The van der Waals surface area contributed by atoms with Crippen molar-refractivity contribution in [3.63, 3.8) is 0 Å². The molecule has 12 aromatic rings. The monoisotopic (exact) mass is 2180 g/mol. The fourth-order valence-corrected chi connectivity index (χ4v) is 13.5. The molecule has 5 N–H and O–H groups in total. The van der Waals surface area contributed by atoms with Crippen LogP contribution in [-0.2, 0) is 131 Å². The molecule has 1 amide bonds. The van der Waals surface area contributed by atoms with Gasteiger partial charge < -0.3 is 39.7 Å². The Morgan fingerprint density at radius 2 is 0.738 bits per heavy atom. The highest BCUT2D eigenvalue weighted by atomic mass is 35.5. The number of carboxylic acids is 1. The summed E-state index contributed by atoms with van der Waals surface area (Å²) in [5, 5.41) is 64.7. The second-order valence-electron chi connectivity index (χ2n) is 28.2. The smallest absolute Gasteiger partial charge is 0.373 e. The molecule has 145 heavy (non-hydrogen) atoms. The molecule has 0 atom stereocenters. The number of tetrazole rings is 1. The minimum Gasteiger partial charge on any atom is -0.505 e. The Morgan fingerprint density at radius 3 is 1.03 bits per heavy atom. The quantitative estimate of drug-likeness (QED) is 0.0105. The molecular weight excluding hydrogens is 2090 g/mol. The molecule has 0 bridgehead atoms. The molecule has 0 fully saturated rings. The van der Waals surface area contributed by atoms with Gasteiger partial charge in [0.1, 0.15) is 5.71 Å². The van der Waals surface area contributed by atoms with E-state index in [0.717, 1.165) is 57.5 Å². The number of thioether (sulfide) groups is 1. The van der Waals surface area contributed by atoms with Crippen molar-refractivity contribution in [2.75, 3.05) is 51.3 Å². The van der Waals surface area contributed by atoms with Crippen LogP contribution in [0, 0.1) is 27.7 Å². The molecule has 0 radical (unpaired) electrons. The summed E-state index contributed by atoms with van der Waals surface area (Å²) in [6.07, 6.45) is 4.24. The number of halogens is 4. The molecule has 12 rings (SSSR count). The Bertz CT molecular complexity index is 6840. The molecule has 0 saturated heterocycles.